The second-order valence-electron chi connectivity index (χ2n) is 4.15. The van der Waals surface area contributed by atoms with Crippen LogP contribution < -0.4 is 10.6 Å². The molecule has 0 saturated carbocycles. The molecule has 1 saturated heterocycles. The molecule has 0 radical (unpaired) electrons. The SMILES string of the molecule is Nc1n[nH]c2c(F)c(N3CCOCC3)c(Br)cc12. The molecule has 3 rings (SSSR count). The molecular weight excluding hydrogens is 303 g/mol. The van der Waals surface area contributed by atoms with Crippen molar-refractivity contribution in [2.24, 2.45) is 0 Å². The fourth-order valence-corrected chi connectivity index (χ4v) is 2.83. The molecular formula is C11H12BrFN4O. The van der Waals surface area contributed by atoms with Crippen molar-refractivity contribution in [3.05, 3.63) is 16.4 Å². The minimum absolute atomic E-state index is 0.304. The first-order chi connectivity index (χ1) is 8.68. The zero-order valence-corrected chi connectivity index (χ0v) is 11.1. The largest absolute Gasteiger partial charge is 0.382 e. The number of nitrogens with two attached hydrogens (primary N) is 1. The summed E-state index contributed by atoms with van der Waals surface area (Å²) >= 11 is 3.40. The van der Waals surface area contributed by atoms with Crippen molar-refractivity contribution in [3.63, 3.8) is 0 Å². The molecule has 1 aliphatic heterocycles. The van der Waals surface area contributed by atoms with Gasteiger partial charge in [0.15, 0.2) is 11.6 Å². The van der Waals surface area contributed by atoms with Gasteiger partial charge in [-0.25, -0.2) is 4.39 Å². The topological polar surface area (TPSA) is 67.2 Å². The zero-order chi connectivity index (χ0) is 12.7. The quantitative estimate of drug-likeness (QED) is 0.843. The first-order valence-corrected chi connectivity index (χ1v) is 6.42. The van der Waals surface area contributed by atoms with E-state index in [1.165, 1.54) is 0 Å². The Bertz CT molecular complexity index is 594. The number of nitrogens with one attached hydrogen (secondary N) is 1. The molecule has 0 unspecified atom stereocenters. The average Bonchev–Trinajstić information content (AvgIpc) is 2.73. The van der Waals surface area contributed by atoms with Crippen LogP contribution in [-0.2, 0) is 4.74 Å². The number of rotatable bonds is 1. The van der Waals surface area contributed by atoms with Crippen LogP contribution in [-0.4, -0.2) is 36.5 Å². The third-order valence-electron chi connectivity index (χ3n) is 3.09. The number of nitrogens with zero attached hydrogens (tertiary/aromatic N) is 2. The summed E-state index contributed by atoms with van der Waals surface area (Å²) in [5.41, 5.74) is 6.56. The summed E-state index contributed by atoms with van der Waals surface area (Å²) in [5, 5.41) is 7.06. The van der Waals surface area contributed by atoms with E-state index in [1.54, 1.807) is 6.07 Å². The van der Waals surface area contributed by atoms with Gasteiger partial charge >= 0.3 is 0 Å². The van der Waals surface area contributed by atoms with Crippen molar-refractivity contribution >= 4 is 38.3 Å². The monoisotopic (exact) mass is 314 g/mol. The van der Waals surface area contributed by atoms with Crippen molar-refractivity contribution in [2.75, 3.05) is 36.9 Å². The van der Waals surface area contributed by atoms with E-state index in [0.29, 0.717) is 53.2 Å². The highest BCUT2D eigenvalue weighted by Crippen LogP contribution is 2.36. The maximum atomic E-state index is 14.5. The van der Waals surface area contributed by atoms with Gasteiger partial charge in [0.2, 0.25) is 0 Å². The van der Waals surface area contributed by atoms with E-state index >= 15 is 0 Å². The minimum atomic E-state index is -0.328. The number of fused-ring (bicyclic) bond motifs is 1. The lowest BCUT2D eigenvalue weighted by molar-refractivity contribution is 0.122. The molecule has 0 amide bonds. The van der Waals surface area contributed by atoms with Gasteiger partial charge in [0.1, 0.15) is 5.52 Å². The summed E-state index contributed by atoms with van der Waals surface area (Å²) in [6, 6.07) is 1.79. The predicted molar refractivity (Wildman–Crippen MR) is 71.2 cm³/mol. The lowest BCUT2D eigenvalue weighted by Crippen LogP contribution is -2.37. The molecule has 7 heteroatoms. The Kier molecular flexibility index (Phi) is 2.87. The highest BCUT2D eigenvalue weighted by Gasteiger charge is 2.22. The molecule has 96 valence electrons. The third-order valence-corrected chi connectivity index (χ3v) is 3.69. The van der Waals surface area contributed by atoms with E-state index in [0.717, 1.165) is 0 Å². The molecule has 1 aliphatic rings. The van der Waals surface area contributed by atoms with Crippen LogP contribution in [0, 0.1) is 5.82 Å². The molecule has 0 spiro atoms. The van der Waals surface area contributed by atoms with Gasteiger partial charge in [-0.3, -0.25) is 5.10 Å². The zero-order valence-electron chi connectivity index (χ0n) is 9.54. The Morgan fingerprint density at radius 2 is 2.17 bits per heavy atom. The molecule has 0 aliphatic carbocycles. The summed E-state index contributed by atoms with van der Waals surface area (Å²) in [5.74, 6) is -0.0244. The first-order valence-electron chi connectivity index (χ1n) is 5.62. The summed E-state index contributed by atoms with van der Waals surface area (Å²) < 4.78 is 20.4. The van der Waals surface area contributed by atoms with Gasteiger partial charge in [-0.2, -0.15) is 5.10 Å². The number of ether oxygens (including phenoxy) is 1. The highest BCUT2D eigenvalue weighted by molar-refractivity contribution is 9.10. The molecule has 1 fully saturated rings. The molecule has 5 nitrogen and oxygen atoms in total. The van der Waals surface area contributed by atoms with Crippen molar-refractivity contribution in [3.8, 4) is 0 Å². The summed E-state index contributed by atoms with van der Waals surface area (Å²) in [6.07, 6.45) is 0. The number of morpholine rings is 1. The van der Waals surface area contributed by atoms with Gasteiger partial charge in [-0.05, 0) is 22.0 Å². The average molecular weight is 315 g/mol. The molecule has 0 bridgehead atoms. The van der Waals surface area contributed by atoms with E-state index in [-0.39, 0.29) is 5.82 Å². The van der Waals surface area contributed by atoms with Gasteiger partial charge in [-0.1, -0.05) is 0 Å². The van der Waals surface area contributed by atoms with Crippen molar-refractivity contribution in [1.82, 2.24) is 10.2 Å². The maximum Gasteiger partial charge on any atom is 0.173 e. The van der Waals surface area contributed by atoms with E-state index in [4.69, 9.17) is 10.5 Å². The normalized spacial score (nSPS) is 16.4. The molecule has 1 aromatic carbocycles. The lowest BCUT2D eigenvalue weighted by atomic mass is 10.2. The Morgan fingerprint density at radius 1 is 1.44 bits per heavy atom. The van der Waals surface area contributed by atoms with E-state index in [1.807, 2.05) is 4.90 Å². The number of nitrogen functional groups attached to an aromatic ring is 1. The van der Waals surface area contributed by atoms with E-state index in [2.05, 4.69) is 26.1 Å². The Labute approximate surface area is 111 Å². The van der Waals surface area contributed by atoms with Crippen LogP contribution >= 0.6 is 15.9 Å². The fraction of sp³-hybridized carbons (Fsp3) is 0.364. The highest BCUT2D eigenvalue weighted by atomic mass is 79.9. The Balaban J connectivity index is 2.16. The molecule has 0 atom stereocenters. The van der Waals surface area contributed by atoms with Crippen LogP contribution in [0.5, 0.6) is 0 Å². The maximum absolute atomic E-state index is 14.5. The van der Waals surface area contributed by atoms with Crippen LogP contribution in [0.25, 0.3) is 10.9 Å². The fourth-order valence-electron chi connectivity index (χ4n) is 2.17. The molecule has 2 heterocycles. The number of aromatic nitrogens is 2. The van der Waals surface area contributed by atoms with Gasteiger partial charge in [0.05, 0.1) is 18.9 Å². The van der Waals surface area contributed by atoms with Crippen LogP contribution in [0.3, 0.4) is 0 Å². The summed E-state index contributed by atoms with van der Waals surface area (Å²) in [4.78, 5) is 1.96. The second kappa shape index (κ2) is 4.40. The van der Waals surface area contributed by atoms with Crippen LogP contribution in [0.15, 0.2) is 10.5 Å². The smallest absolute Gasteiger partial charge is 0.173 e. The second-order valence-corrected chi connectivity index (χ2v) is 5.01. The number of aromatic amines is 1. The minimum Gasteiger partial charge on any atom is -0.382 e. The van der Waals surface area contributed by atoms with Crippen molar-refractivity contribution in [2.45, 2.75) is 0 Å². The van der Waals surface area contributed by atoms with Crippen molar-refractivity contribution in [1.29, 1.82) is 0 Å². The van der Waals surface area contributed by atoms with E-state index < -0.39 is 0 Å². The van der Waals surface area contributed by atoms with Crippen LogP contribution in [0.2, 0.25) is 0 Å². The lowest BCUT2D eigenvalue weighted by Gasteiger charge is -2.30. The number of anilines is 2. The van der Waals surface area contributed by atoms with Gasteiger partial charge in [0.25, 0.3) is 0 Å². The van der Waals surface area contributed by atoms with Gasteiger partial charge < -0.3 is 15.4 Å². The number of hydrogen-bond acceptors (Lipinski definition) is 4. The molecule has 1 aromatic heterocycles. The Hall–Kier alpha value is -1.34. The first kappa shape index (κ1) is 11.7. The third kappa shape index (κ3) is 1.74. The van der Waals surface area contributed by atoms with Crippen molar-refractivity contribution < 1.29 is 9.13 Å². The number of H-pyrrole nitrogens is 1. The number of benzene rings is 1. The Morgan fingerprint density at radius 3 is 2.89 bits per heavy atom. The molecule has 2 aromatic rings. The standard InChI is InChI=1S/C11H12BrFN4O/c12-7-5-6-9(15-16-11(6)14)8(13)10(7)17-1-3-18-4-2-17/h5H,1-4H2,(H3,14,15,16). The van der Waals surface area contributed by atoms with Gasteiger partial charge in [0, 0.05) is 22.9 Å². The summed E-state index contributed by atoms with van der Waals surface area (Å²) in [6.45, 7) is 2.55. The molecule has 18 heavy (non-hydrogen) atoms. The number of halogens is 2. The summed E-state index contributed by atoms with van der Waals surface area (Å²) in [7, 11) is 0. The molecule has 3 N–H and O–H groups in total. The van der Waals surface area contributed by atoms with Gasteiger partial charge in [-0.15, -0.1) is 0 Å². The van der Waals surface area contributed by atoms with Crippen LogP contribution in [0.1, 0.15) is 0 Å². The van der Waals surface area contributed by atoms with E-state index in [9.17, 15) is 4.39 Å². The predicted octanol–water partition coefficient (Wildman–Crippen LogP) is 1.88. The number of hydrogen-bond donors (Lipinski definition) is 2. The van der Waals surface area contributed by atoms with Crippen LogP contribution in [0.4, 0.5) is 15.9 Å².